The first kappa shape index (κ1) is 25.8. The Bertz CT molecular complexity index is 559. The normalized spacial score (nSPS) is 16.9. The minimum atomic E-state index is 0.290. The van der Waals surface area contributed by atoms with Gasteiger partial charge in [0.25, 0.3) is 0 Å². The number of rotatable bonds is 13. The highest BCUT2D eigenvalue weighted by Gasteiger charge is 2.21. The molecule has 4 nitrogen and oxygen atoms in total. The standard InChI is InChI=1S/C23H37NO3.C2H6/c1-3-4-13-26-14-15-27-23-11-10-19-16-20(8-9-21(19)17-23)22(18-24-2)7-5-6-12-25;1-2/h3-4,8-9,16,22-25H,5-7,10-15,17-18H2,1-2H3;1-2H3/b4-3+;. The van der Waals surface area contributed by atoms with Gasteiger partial charge in [0.1, 0.15) is 0 Å². The molecule has 1 aromatic carbocycles. The summed E-state index contributed by atoms with van der Waals surface area (Å²) in [5.41, 5.74) is 4.35. The van der Waals surface area contributed by atoms with Crippen molar-refractivity contribution in [2.24, 2.45) is 0 Å². The molecule has 2 N–H and O–H groups in total. The van der Waals surface area contributed by atoms with Gasteiger partial charge in [-0.1, -0.05) is 50.6 Å². The summed E-state index contributed by atoms with van der Waals surface area (Å²) in [7, 11) is 2.02. The SMILES string of the molecule is C/C=C/COCCOC1CCc2cc(C(CCCCO)CNC)ccc2C1.CC. The number of aliphatic hydroxyl groups excluding tert-OH is 1. The molecule has 1 aliphatic carbocycles. The topological polar surface area (TPSA) is 50.7 Å². The highest BCUT2D eigenvalue weighted by molar-refractivity contribution is 5.36. The molecule has 4 heteroatoms. The molecule has 2 rings (SSSR count). The first-order valence-corrected chi connectivity index (χ1v) is 11.5. The molecule has 0 aliphatic heterocycles. The van der Waals surface area contributed by atoms with Crippen molar-refractivity contribution in [3.63, 3.8) is 0 Å². The fourth-order valence-electron chi connectivity index (χ4n) is 3.79. The number of aliphatic hydroxyl groups is 1. The lowest BCUT2D eigenvalue weighted by Gasteiger charge is -2.26. The van der Waals surface area contributed by atoms with Crippen LogP contribution in [0.1, 0.15) is 69.1 Å². The van der Waals surface area contributed by atoms with Gasteiger partial charge in [-0.3, -0.25) is 0 Å². The Morgan fingerprint density at radius 3 is 2.76 bits per heavy atom. The molecule has 2 unspecified atom stereocenters. The van der Waals surface area contributed by atoms with E-state index in [0.29, 0.717) is 31.8 Å². The molecule has 0 fully saturated rings. The predicted molar refractivity (Wildman–Crippen MR) is 123 cm³/mol. The lowest BCUT2D eigenvalue weighted by Crippen LogP contribution is -2.25. The van der Waals surface area contributed by atoms with E-state index in [1.54, 1.807) is 0 Å². The number of likely N-dealkylation sites (N-methyl/N-ethyl adjacent to an activating group) is 1. The summed E-state index contributed by atoms with van der Waals surface area (Å²) in [5, 5.41) is 12.4. The highest BCUT2D eigenvalue weighted by atomic mass is 16.5. The van der Waals surface area contributed by atoms with Crippen molar-refractivity contribution in [3.05, 3.63) is 47.0 Å². The van der Waals surface area contributed by atoms with Crippen LogP contribution in [0.25, 0.3) is 0 Å². The summed E-state index contributed by atoms with van der Waals surface area (Å²) in [6.07, 6.45) is 10.6. The van der Waals surface area contributed by atoms with Crippen molar-refractivity contribution in [1.29, 1.82) is 0 Å². The van der Waals surface area contributed by atoms with Crippen LogP contribution in [-0.4, -0.2) is 51.2 Å². The van der Waals surface area contributed by atoms with E-state index in [4.69, 9.17) is 14.6 Å². The van der Waals surface area contributed by atoms with E-state index in [-0.39, 0.29) is 6.61 Å². The third kappa shape index (κ3) is 9.90. The molecular weight excluding hydrogens is 362 g/mol. The number of hydrogen-bond acceptors (Lipinski definition) is 4. The van der Waals surface area contributed by atoms with Crippen molar-refractivity contribution in [3.8, 4) is 0 Å². The van der Waals surface area contributed by atoms with Gasteiger partial charge >= 0.3 is 0 Å². The second-order valence-corrected chi connectivity index (χ2v) is 7.38. The molecule has 0 heterocycles. The zero-order valence-corrected chi connectivity index (χ0v) is 19.1. The van der Waals surface area contributed by atoms with Crippen LogP contribution in [0.3, 0.4) is 0 Å². The molecular formula is C25H43NO3. The predicted octanol–water partition coefficient (Wildman–Crippen LogP) is 4.65. The van der Waals surface area contributed by atoms with Crippen molar-refractivity contribution >= 4 is 0 Å². The van der Waals surface area contributed by atoms with Crippen molar-refractivity contribution in [2.75, 3.05) is 40.0 Å². The van der Waals surface area contributed by atoms with Crippen LogP contribution in [0.2, 0.25) is 0 Å². The second-order valence-electron chi connectivity index (χ2n) is 7.38. The molecule has 0 amide bonds. The summed E-state index contributed by atoms with van der Waals surface area (Å²) in [4.78, 5) is 0. The summed E-state index contributed by atoms with van der Waals surface area (Å²) in [5.74, 6) is 0.523. The van der Waals surface area contributed by atoms with Crippen LogP contribution in [0.15, 0.2) is 30.4 Å². The smallest absolute Gasteiger partial charge is 0.0704 e. The minimum Gasteiger partial charge on any atom is -0.396 e. The summed E-state index contributed by atoms with van der Waals surface area (Å²) in [6.45, 7) is 9.28. The first-order chi connectivity index (χ1) is 14.3. The summed E-state index contributed by atoms with van der Waals surface area (Å²) in [6, 6.07) is 7.01. The number of hydrogen-bond donors (Lipinski definition) is 2. The van der Waals surface area contributed by atoms with Gasteiger partial charge in [0.05, 0.1) is 25.9 Å². The summed E-state index contributed by atoms with van der Waals surface area (Å²) >= 11 is 0. The van der Waals surface area contributed by atoms with E-state index in [1.807, 2.05) is 40.0 Å². The van der Waals surface area contributed by atoms with Crippen molar-refractivity contribution in [1.82, 2.24) is 5.32 Å². The molecule has 166 valence electrons. The van der Waals surface area contributed by atoms with E-state index >= 15 is 0 Å². The fraction of sp³-hybridized carbons (Fsp3) is 0.680. The van der Waals surface area contributed by atoms with Crippen LogP contribution < -0.4 is 5.32 Å². The zero-order valence-electron chi connectivity index (χ0n) is 19.1. The Labute approximate surface area is 178 Å². The van der Waals surface area contributed by atoms with Crippen LogP contribution in [0, 0.1) is 0 Å². The number of fused-ring (bicyclic) bond motifs is 1. The molecule has 29 heavy (non-hydrogen) atoms. The van der Waals surface area contributed by atoms with Gasteiger partial charge in [0, 0.05) is 13.2 Å². The third-order valence-corrected chi connectivity index (χ3v) is 5.33. The van der Waals surface area contributed by atoms with E-state index in [2.05, 4.69) is 23.5 Å². The molecule has 0 aromatic heterocycles. The zero-order chi connectivity index (χ0) is 21.3. The molecule has 1 aliphatic rings. The Morgan fingerprint density at radius 1 is 1.21 bits per heavy atom. The van der Waals surface area contributed by atoms with E-state index in [1.165, 1.54) is 16.7 Å². The van der Waals surface area contributed by atoms with Crippen molar-refractivity contribution in [2.45, 2.75) is 71.3 Å². The number of nitrogens with one attached hydrogen (secondary N) is 1. The van der Waals surface area contributed by atoms with Gasteiger partial charge in [-0.2, -0.15) is 0 Å². The Hall–Kier alpha value is -1.20. The largest absolute Gasteiger partial charge is 0.396 e. The number of allylic oxidation sites excluding steroid dienone is 1. The average molecular weight is 406 g/mol. The van der Waals surface area contributed by atoms with Gasteiger partial charge in [0.2, 0.25) is 0 Å². The Morgan fingerprint density at radius 2 is 2.03 bits per heavy atom. The first-order valence-electron chi connectivity index (χ1n) is 11.5. The quantitative estimate of drug-likeness (QED) is 0.371. The maximum Gasteiger partial charge on any atom is 0.0704 e. The second kappa shape index (κ2) is 16.6. The van der Waals surface area contributed by atoms with Crippen LogP contribution in [0.5, 0.6) is 0 Å². The maximum absolute atomic E-state index is 9.04. The number of unbranched alkanes of at least 4 members (excludes halogenated alkanes) is 1. The lowest BCUT2D eigenvalue weighted by atomic mass is 9.85. The Balaban J connectivity index is 0.00000204. The van der Waals surface area contributed by atoms with Gasteiger partial charge in [0.15, 0.2) is 0 Å². The third-order valence-electron chi connectivity index (χ3n) is 5.33. The molecule has 0 bridgehead atoms. The average Bonchev–Trinajstić information content (AvgIpc) is 2.76. The van der Waals surface area contributed by atoms with Crippen LogP contribution in [-0.2, 0) is 22.3 Å². The Kier molecular flexibility index (Phi) is 14.8. The molecule has 2 atom stereocenters. The van der Waals surface area contributed by atoms with Gasteiger partial charge in [-0.15, -0.1) is 0 Å². The minimum absolute atomic E-state index is 0.290. The maximum atomic E-state index is 9.04. The highest BCUT2D eigenvalue weighted by Crippen LogP contribution is 2.29. The van der Waals surface area contributed by atoms with Gasteiger partial charge in [-0.05, 0) is 68.7 Å². The van der Waals surface area contributed by atoms with Crippen molar-refractivity contribution < 1.29 is 14.6 Å². The summed E-state index contributed by atoms with van der Waals surface area (Å²) < 4.78 is 11.5. The van der Waals surface area contributed by atoms with Gasteiger partial charge in [-0.25, -0.2) is 0 Å². The lowest BCUT2D eigenvalue weighted by molar-refractivity contribution is 0.00491. The van der Waals surface area contributed by atoms with Crippen LogP contribution in [0.4, 0.5) is 0 Å². The fourth-order valence-corrected chi connectivity index (χ4v) is 3.79. The number of ether oxygens (including phenoxy) is 2. The van der Waals surface area contributed by atoms with Gasteiger partial charge < -0.3 is 19.9 Å². The number of benzene rings is 1. The molecule has 0 radical (unpaired) electrons. The molecule has 0 saturated heterocycles. The van der Waals surface area contributed by atoms with E-state index in [0.717, 1.165) is 45.1 Å². The van der Waals surface area contributed by atoms with Crippen LogP contribution >= 0.6 is 0 Å². The monoisotopic (exact) mass is 405 g/mol. The van der Waals surface area contributed by atoms with E-state index < -0.39 is 0 Å². The number of aryl methyl sites for hydroxylation is 1. The molecule has 1 aromatic rings. The van der Waals surface area contributed by atoms with E-state index in [9.17, 15) is 0 Å². The molecule has 0 saturated carbocycles. The molecule has 0 spiro atoms.